The highest BCUT2D eigenvalue weighted by Crippen LogP contribution is 2.40. The Morgan fingerprint density at radius 1 is 1.20 bits per heavy atom. The number of fused-ring (bicyclic) bond motifs is 1. The van der Waals surface area contributed by atoms with E-state index in [0.29, 0.717) is 24.6 Å². The summed E-state index contributed by atoms with van der Waals surface area (Å²) in [6, 6.07) is 12.0. The lowest BCUT2D eigenvalue weighted by Gasteiger charge is -2.12. The van der Waals surface area contributed by atoms with Gasteiger partial charge in [0.25, 0.3) is 5.91 Å². The van der Waals surface area contributed by atoms with Crippen molar-refractivity contribution in [3.8, 4) is 0 Å². The van der Waals surface area contributed by atoms with Crippen molar-refractivity contribution in [3.63, 3.8) is 0 Å². The van der Waals surface area contributed by atoms with Gasteiger partial charge in [0.2, 0.25) is 0 Å². The van der Waals surface area contributed by atoms with Crippen molar-refractivity contribution in [2.45, 2.75) is 38.8 Å². The second kappa shape index (κ2) is 7.40. The van der Waals surface area contributed by atoms with Crippen LogP contribution in [0.2, 0.25) is 0 Å². The fourth-order valence-corrected chi connectivity index (χ4v) is 3.95. The van der Waals surface area contributed by atoms with E-state index in [1.165, 1.54) is 0 Å². The maximum absolute atomic E-state index is 13.2. The van der Waals surface area contributed by atoms with Crippen LogP contribution < -0.4 is 5.32 Å². The molecule has 152 valence electrons. The van der Waals surface area contributed by atoms with Crippen molar-refractivity contribution in [1.82, 2.24) is 29.9 Å². The molecule has 0 bridgehead atoms. The van der Waals surface area contributed by atoms with Crippen LogP contribution in [0, 0.1) is 6.92 Å². The first-order valence-corrected chi connectivity index (χ1v) is 10.3. The van der Waals surface area contributed by atoms with Gasteiger partial charge in [0.1, 0.15) is 0 Å². The van der Waals surface area contributed by atoms with Crippen LogP contribution in [0.1, 0.15) is 51.6 Å². The van der Waals surface area contributed by atoms with Gasteiger partial charge in [-0.15, -0.1) is 0 Å². The van der Waals surface area contributed by atoms with E-state index in [9.17, 15) is 4.79 Å². The number of hydrogen-bond donors (Lipinski definition) is 1. The Kier molecular flexibility index (Phi) is 4.58. The summed E-state index contributed by atoms with van der Waals surface area (Å²) in [4.78, 5) is 18.0. The Morgan fingerprint density at radius 3 is 2.73 bits per heavy atom. The van der Waals surface area contributed by atoms with Crippen LogP contribution in [0.25, 0.3) is 11.0 Å². The van der Waals surface area contributed by atoms with Crippen molar-refractivity contribution in [1.29, 1.82) is 0 Å². The minimum absolute atomic E-state index is 0.0886. The van der Waals surface area contributed by atoms with E-state index in [2.05, 4.69) is 21.6 Å². The molecule has 0 atom stereocenters. The highest BCUT2D eigenvalue weighted by Gasteiger charge is 2.28. The van der Waals surface area contributed by atoms with E-state index in [0.717, 1.165) is 46.4 Å². The van der Waals surface area contributed by atoms with Gasteiger partial charge >= 0.3 is 0 Å². The summed E-state index contributed by atoms with van der Waals surface area (Å²) in [5.41, 5.74) is 5.48. The summed E-state index contributed by atoms with van der Waals surface area (Å²) in [5.74, 6) is 0.375. The highest BCUT2D eigenvalue weighted by atomic mass is 16.1. The number of aryl methyl sites for hydroxylation is 2. The van der Waals surface area contributed by atoms with Gasteiger partial charge in [-0.25, -0.2) is 4.98 Å². The van der Waals surface area contributed by atoms with Crippen LogP contribution in [0.5, 0.6) is 0 Å². The van der Waals surface area contributed by atoms with Crippen molar-refractivity contribution in [3.05, 3.63) is 76.9 Å². The molecule has 1 N–H and O–H groups in total. The number of aromatic nitrogens is 5. The van der Waals surface area contributed by atoms with Crippen LogP contribution in [0.3, 0.4) is 0 Å². The van der Waals surface area contributed by atoms with Crippen molar-refractivity contribution >= 4 is 16.9 Å². The molecule has 30 heavy (non-hydrogen) atoms. The summed E-state index contributed by atoms with van der Waals surface area (Å²) in [7, 11) is 1.88. The third-order valence-corrected chi connectivity index (χ3v) is 5.68. The Bertz CT molecular complexity index is 1220. The average molecular weight is 400 g/mol. The fraction of sp³-hybridized carbons (Fsp3) is 0.304. The zero-order chi connectivity index (χ0) is 20.7. The monoisotopic (exact) mass is 400 g/mol. The standard InChI is InChI=1S/C23H24N6O/c1-15-21-19(12-20(16-8-9-16)26-22(21)28(2)27-15)23(30)24-13-17-6-3-4-7-18(17)14-29-11-5-10-25-29/h3-7,10-12,16H,8-9,13-14H2,1-2H3,(H,24,30). The van der Waals surface area contributed by atoms with E-state index < -0.39 is 0 Å². The van der Waals surface area contributed by atoms with E-state index >= 15 is 0 Å². The third-order valence-electron chi connectivity index (χ3n) is 5.68. The smallest absolute Gasteiger partial charge is 0.252 e. The largest absolute Gasteiger partial charge is 0.348 e. The molecular weight excluding hydrogens is 376 g/mol. The van der Waals surface area contributed by atoms with Crippen LogP contribution in [0.4, 0.5) is 0 Å². The Labute approximate surface area is 174 Å². The first kappa shape index (κ1) is 18.5. The van der Waals surface area contributed by atoms with Crippen molar-refractivity contribution < 1.29 is 4.79 Å². The lowest BCUT2D eigenvalue weighted by atomic mass is 10.1. The molecule has 1 saturated carbocycles. The first-order chi connectivity index (χ1) is 14.6. The predicted octanol–water partition coefficient (Wildman–Crippen LogP) is 3.33. The lowest BCUT2D eigenvalue weighted by Crippen LogP contribution is -2.24. The molecule has 0 unspecified atom stereocenters. The molecular formula is C23H24N6O. The molecule has 1 aliphatic carbocycles. The molecule has 1 amide bonds. The summed E-state index contributed by atoms with van der Waals surface area (Å²) < 4.78 is 3.65. The summed E-state index contributed by atoms with van der Waals surface area (Å²) in [6.07, 6.45) is 5.98. The summed E-state index contributed by atoms with van der Waals surface area (Å²) >= 11 is 0. The summed E-state index contributed by atoms with van der Waals surface area (Å²) in [6.45, 7) is 3.06. The number of pyridine rings is 1. The molecule has 4 aromatic rings. The Morgan fingerprint density at radius 2 is 2.00 bits per heavy atom. The molecule has 7 nitrogen and oxygen atoms in total. The lowest BCUT2D eigenvalue weighted by molar-refractivity contribution is 0.0952. The second-order valence-corrected chi connectivity index (χ2v) is 7.93. The molecule has 0 saturated heterocycles. The second-order valence-electron chi connectivity index (χ2n) is 7.93. The van der Waals surface area contributed by atoms with Gasteiger partial charge in [-0.2, -0.15) is 10.2 Å². The number of carbonyl (C=O) groups is 1. The molecule has 1 aromatic carbocycles. The number of nitrogens with zero attached hydrogens (tertiary/aromatic N) is 5. The molecule has 0 spiro atoms. The minimum Gasteiger partial charge on any atom is -0.348 e. The van der Waals surface area contributed by atoms with Crippen LogP contribution in [-0.4, -0.2) is 30.5 Å². The van der Waals surface area contributed by atoms with Gasteiger partial charge < -0.3 is 5.32 Å². The molecule has 5 rings (SSSR count). The van der Waals surface area contributed by atoms with E-state index in [4.69, 9.17) is 4.98 Å². The quantitative estimate of drug-likeness (QED) is 0.539. The number of rotatable bonds is 6. The number of hydrogen-bond acceptors (Lipinski definition) is 4. The van der Waals surface area contributed by atoms with Crippen molar-refractivity contribution in [2.75, 3.05) is 0 Å². The zero-order valence-corrected chi connectivity index (χ0v) is 17.2. The number of nitrogens with one attached hydrogen (secondary N) is 1. The molecule has 1 fully saturated rings. The highest BCUT2D eigenvalue weighted by molar-refractivity contribution is 6.06. The zero-order valence-electron chi connectivity index (χ0n) is 17.2. The van der Waals surface area contributed by atoms with Gasteiger partial charge in [-0.1, -0.05) is 24.3 Å². The fourth-order valence-electron chi connectivity index (χ4n) is 3.95. The van der Waals surface area contributed by atoms with Gasteiger partial charge in [-0.3, -0.25) is 14.2 Å². The van der Waals surface area contributed by atoms with E-state index in [1.54, 1.807) is 10.9 Å². The Balaban J connectivity index is 1.42. The molecule has 3 heterocycles. The average Bonchev–Trinajstić information content (AvgIpc) is 3.40. The number of benzene rings is 1. The first-order valence-electron chi connectivity index (χ1n) is 10.3. The van der Waals surface area contributed by atoms with Gasteiger partial charge in [0, 0.05) is 37.6 Å². The molecule has 0 aliphatic heterocycles. The van der Waals surface area contributed by atoms with Crippen LogP contribution in [0.15, 0.2) is 48.8 Å². The molecule has 0 radical (unpaired) electrons. The molecule has 1 aliphatic rings. The van der Waals surface area contributed by atoms with Crippen molar-refractivity contribution in [2.24, 2.45) is 7.05 Å². The van der Waals surface area contributed by atoms with Gasteiger partial charge in [0.15, 0.2) is 5.65 Å². The maximum atomic E-state index is 13.2. The van der Waals surface area contributed by atoms with E-state index in [-0.39, 0.29) is 5.91 Å². The SMILES string of the molecule is Cc1nn(C)c2nc(C3CC3)cc(C(=O)NCc3ccccc3Cn3cccn3)c12. The molecule has 7 heteroatoms. The summed E-state index contributed by atoms with van der Waals surface area (Å²) in [5, 5.41) is 12.7. The third kappa shape index (κ3) is 3.47. The van der Waals surface area contributed by atoms with Crippen LogP contribution >= 0.6 is 0 Å². The number of amides is 1. The number of carbonyl (C=O) groups excluding carboxylic acids is 1. The molecule has 3 aromatic heterocycles. The maximum Gasteiger partial charge on any atom is 0.252 e. The normalized spacial score (nSPS) is 13.7. The van der Waals surface area contributed by atoms with Gasteiger partial charge in [-0.05, 0) is 43.0 Å². The minimum atomic E-state index is -0.0886. The topological polar surface area (TPSA) is 77.6 Å². The Hall–Kier alpha value is -3.48. The predicted molar refractivity (Wildman–Crippen MR) is 114 cm³/mol. The van der Waals surface area contributed by atoms with Gasteiger partial charge in [0.05, 0.1) is 23.2 Å². The van der Waals surface area contributed by atoms with E-state index in [1.807, 2.05) is 55.2 Å². The van der Waals surface area contributed by atoms with Crippen LogP contribution in [-0.2, 0) is 20.1 Å².